The van der Waals surface area contributed by atoms with Gasteiger partial charge in [0.15, 0.2) is 0 Å². The van der Waals surface area contributed by atoms with Gasteiger partial charge in [-0.25, -0.2) is 0 Å². The van der Waals surface area contributed by atoms with Gasteiger partial charge in [0.2, 0.25) is 5.91 Å². The van der Waals surface area contributed by atoms with E-state index in [4.69, 9.17) is 5.73 Å². The van der Waals surface area contributed by atoms with E-state index in [0.29, 0.717) is 25.4 Å². The molecule has 1 rings (SSSR count). The molecular formula is C12H21N3O. The van der Waals surface area contributed by atoms with E-state index in [0.717, 1.165) is 13.0 Å². The first-order chi connectivity index (χ1) is 7.76. The van der Waals surface area contributed by atoms with Gasteiger partial charge in [-0.05, 0) is 24.6 Å². The highest BCUT2D eigenvalue weighted by atomic mass is 16.1. The second-order valence-corrected chi connectivity index (χ2v) is 3.98. The fourth-order valence-electron chi connectivity index (χ4n) is 1.57. The van der Waals surface area contributed by atoms with Crippen LogP contribution < -0.4 is 11.1 Å². The minimum Gasteiger partial charge on any atom is -0.354 e. The molecule has 1 amide bonds. The Labute approximate surface area is 96.8 Å². The van der Waals surface area contributed by atoms with E-state index in [1.54, 1.807) is 0 Å². The smallest absolute Gasteiger partial charge is 0.220 e. The Balaban J connectivity index is 2.15. The van der Waals surface area contributed by atoms with Crippen LogP contribution in [0, 0.1) is 5.92 Å². The van der Waals surface area contributed by atoms with Gasteiger partial charge in [0.05, 0.1) is 0 Å². The van der Waals surface area contributed by atoms with Crippen LogP contribution in [0.5, 0.6) is 0 Å². The first kappa shape index (κ1) is 12.8. The van der Waals surface area contributed by atoms with Crippen molar-refractivity contribution in [2.24, 2.45) is 11.7 Å². The summed E-state index contributed by atoms with van der Waals surface area (Å²) in [5, 5.41) is 2.90. The summed E-state index contributed by atoms with van der Waals surface area (Å²) in [6.07, 6.45) is 5.47. The number of amides is 1. The molecule has 3 N–H and O–H groups in total. The number of carbonyl (C=O) groups excluding carboxylic acids is 1. The van der Waals surface area contributed by atoms with Crippen LogP contribution in [0.4, 0.5) is 0 Å². The van der Waals surface area contributed by atoms with E-state index < -0.39 is 0 Å². The van der Waals surface area contributed by atoms with Crippen molar-refractivity contribution in [1.82, 2.24) is 9.88 Å². The van der Waals surface area contributed by atoms with Crippen LogP contribution in [0.15, 0.2) is 24.5 Å². The lowest BCUT2D eigenvalue weighted by Gasteiger charge is -2.12. The highest BCUT2D eigenvalue weighted by Crippen LogP contribution is 2.04. The molecule has 0 aliphatic rings. The van der Waals surface area contributed by atoms with Crippen LogP contribution in [0.25, 0.3) is 0 Å². The highest BCUT2D eigenvalue weighted by molar-refractivity contribution is 5.76. The normalized spacial score (nSPS) is 12.4. The first-order valence-corrected chi connectivity index (χ1v) is 5.83. The van der Waals surface area contributed by atoms with Gasteiger partial charge in [0, 0.05) is 31.9 Å². The zero-order valence-corrected chi connectivity index (χ0v) is 9.86. The predicted molar refractivity (Wildman–Crippen MR) is 64.9 cm³/mol. The van der Waals surface area contributed by atoms with Gasteiger partial charge in [-0.2, -0.15) is 0 Å². The third-order valence-corrected chi connectivity index (χ3v) is 2.74. The van der Waals surface area contributed by atoms with E-state index in [1.807, 2.05) is 29.1 Å². The van der Waals surface area contributed by atoms with E-state index in [9.17, 15) is 4.79 Å². The fourth-order valence-corrected chi connectivity index (χ4v) is 1.57. The van der Waals surface area contributed by atoms with Gasteiger partial charge in [-0.3, -0.25) is 4.79 Å². The summed E-state index contributed by atoms with van der Waals surface area (Å²) in [6.45, 7) is 4.14. The van der Waals surface area contributed by atoms with Crippen molar-refractivity contribution in [3.05, 3.63) is 24.5 Å². The standard InChI is InChI=1S/C12H21N3O/c1-2-11(10-13)9-12(16)14-5-8-15-6-3-4-7-15/h3-4,6-7,11H,2,5,8-10,13H2,1H3,(H,14,16). The molecule has 4 nitrogen and oxygen atoms in total. The van der Waals surface area contributed by atoms with E-state index in [1.165, 1.54) is 0 Å². The van der Waals surface area contributed by atoms with Crippen molar-refractivity contribution in [1.29, 1.82) is 0 Å². The van der Waals surface area contributed by atoms with Crippen LogP contribution in [0.3, 0.4) is 0 Å². The molecule has 0 aliphatic carbocycles. The van der Waals surface area contributed by atoms with Crippen LogP contribution in [0.1, 0.15) is 19.8 Å². The summed E-state index contributed by atoms with van der Waals surface area (Å²) >= 11 is 0. The molecule has 0 saturated carbocycles. The van der Waals surface area contributed by atoms with Crippen LogP contribution in [0.2, 0.25) is 0 Å². The van der Waals surface area contributed by atoms with Crippen molar-refractivity contribution in [2.75, 3.05) is 13.1 Å². The molecule has 0 aromatic carbocycles. The molecule has 16 heavy (non-hydrogen) atoms. The fraction of sp³-hybridized carbons (Fsp3) is 0.583. The Hall–Kier alpha value is -1.29. The molecule has 0 radical (unpaired) electrons. The molecule has 1 aromatic heterocycles. The lowest BCUT2D eigenvalue weighted by atomic mass is 10.0. The average Bonchev–Trinajstić information content (AvgIpc) is 2.79. The van der Waals surface area contributed by atoms with Gasteiger partial charge in [-0.15, -0.1) is 0 Å². The highest BCUT2D eigenvalue weighted by Gasteiger charge is 2.09. The number of nitrogens with two attached hydrogens (primary N) is 1. The lowest BCUT2D eigenvalue weighted by Crippen LogP contribution is -2.30. The zero-order valence-electron chi connectivity index (χ0n) is 9.86. The number of nitrogens with zero attached hydrogens (tertiary/aromatic N) is 1. The molecule has 1 unspecified atom stereocenters. The second-order valence-electron chi connectivity index (χ2n) is 3.98. The van der Waals surface area contributed by atoms with Crippen LogP contribution in [-0.2, 0) is 11.3 Å². The first-order valence-electron chi connectivity index (χ1n) is 5.83. The molecule has 0 aliphatic heterocycles. The largest absolute Gasteiger partial charge is 0.354 e. The van der Waals surface area contributed by atoms with Gasteiger partial charge in [0.25, 0.3) is 0 Å². The molecule has 90 valence electrons. The van der Waals surface area contributed by atoms with Crippen LogP contribution in [-0.4, -0.2) is 23.6 Å². The molecule has 1 atom stereocenters. The third kappa shape index (κ3) is 4.49. The molecule has 0 saturated heterocycles. The Morgan fingerprint density at radius 1 is 1.44 bits per heavy atom. The molecule has 4 heteroatoms. The Bertz CT molecular complexity index is 291. The van der Waals surface area contributed by atoms with Gasteiger partial charge >= 0.3 is 0 Å². The van der Waals surface area contributed by atoms with E-state index in [2.05, 4.69) is 12.2 Å². The second kappa shape index (κ2) is 7.06. The number of nitrogens with one attached hydrogen (secondary N) is 1. The van der Waals surface area contributed by atoms with E-state index >= 15 is 0 Å². The summed E-state index contributed by atoms with van der Waals surface area (Å²) in [6, 6.07) is 3.95. The number of hydrogen-bond donors (Lipinski definition) is 2. The van der Waals surface area contributed by atoms with E-state index in [-0.39, 0.29) is 5.91 Å². The SMILES string of the molecule is CCC(CN)CC(=O)NCCn1cccc1. The molecule has 0 bridgehead atoms. The average molecular weight is 223 g/mol. The van der Waals surface area contributed by atoms with Crippen LogP contribution >= 0.6 is 0 Å². The molecule has 1 heterocycles. The maximum atomic E-state index is 11.5. The summed E-state index contributed by atoms with van der Waals surface area (Å²) in [5.74, 6) is 0.413. The minimum absolute atomic E-state index is 0.101. The zero-order chi connectivity index (χ0) is 11.8. The quantitative estimate of drug-likeness (QED) is 0.724. The molecule has 1 aromatic rings. The van der Waals surface area contributed by atoms with Crippen molar-refractivity contribution < 1.29 is 4.79 Å². The topological polar surface area (TPSA) is 60.1 Å². The maximum absolute atomic E-state index is 11.5. The third-order valence-electron chi connectivity index (χ3n) is 2.74. The summed E-state index contributed by atoms with van der Waals surface area (Å²) in [7, 11) is 0. The van der Waals surface area contributed by atoms with Crippen molar-refractivity contribution in [3.8, 4) is 0 Å². The Morgan fingerprint density at radius 3 is 2.69 bits per heavy atom. The van der Waals surface area contributed by atoms with Crippen molar-refractivity contribution in [2.45, 2.75) is 26.3 Å². The predicted octanol–water partition coefficient (Wildman–Crippen LogP) is 0.979. The Kier molecular flexibility index (Phi) is 5.64. The molecule has 0 spiro atoms. The summed E-state index contributed by atoms with van der Waals surface area (Å²) in [4.78, 5) is 11.5. The summed E-state index contributed by atoms with van der Waals surface area (Å²) < 4.78 is 2.04. The molecular weight excluding hydrogens is 202 g/mol. The van der Waals surface area contributed by atoms with Crippen molar-refractivity contribution in [3.63, 3.8) is 0 Å². The number of hydrogen-bond acceptors (Lipinski definition) is 2. The Morgan fingerprint density at radius 2 is 2.12 bits per heavy atom. The maximum Gasteiger partial charge on any atom is 0.220 e. The van der Waals surface area contributed by atoms with Gasteiger partial charge < -0.3 is 15.6 Å². The monoisotopic (exact) mass is 223 g/mol. The number of aromatic nitrogens is 1. The van der Waals surface area contributed by atoms with Gasteiger partial charge in [-0.1, -0.05) is 13.3 Å². The summed E-state index contributed by atoms with van der Waals surface area (Å²) in [5.41, 5.74) is 5.55. The van der Waals surface area contributed by atoms with Crippen molar-refractivity contribution >= 4 is 5.91 Å². The lowest BCUT2D eigenvalue weighted by molar-refractivity contribution is -0.122. The minimum atomic E-state index is 0.101. The molecule has 0 fully saturated rings. The van der Waals surface area contributed by atoms with Gasteiger partial charge in [0.1, 0.15) is 0 Å². The number of carbonyl (C=O) groups is 1. The number of rotatable bonds is 7.